The van der Waals surface area contributed by atoms with Crippen LogP contribution in [0.2, 0.25) is 0 Å². The van der Waals surface area contributed by atoms with Crippen molar-refractivity contribution in [1.82, 2.24) is 0 Å². The van der Waals surface area contributed by atoms with Crippen LogP contribution in [0.15, 0.2) is 60.7 Å². The van der Waals surface area contributed by atoms with Crippen LogP contribution in [0.4, 0.5) is 0 Å². The predicted molar refractivity (Wildman–Crippen MR) is 86.0 cm³/mol. The Balaban J connectivity index is 2.58. The number of carbonyl (C=O) groups is 1. The summed E-state index contributed by atoms with van der Waals surface area (Å²) in [7, 11) is 1.83. The second-order valence-electron chi connectivity index (χ2n) is 4.93. The molecule has 2 aromatic carbocycles. The van der Waals surface area contributed by atoms with Gasteiger partial charge >= 0.3 is 5.97 Å². The molecular formula is C17H20O3Si. The van der Waals surface area contributed by atoms with E-state index in [0.29, 0.717) is 10.5 Å². The highest BCUT2D eigenvalue weighted by atomic mass is 28.2. The van der Waals surface area contributed by atoms with Gasteiger partial charge in [-0.25, -0.2) is 4.79 Å². The Morgan fingerprint density at radius 1 is 1.05 bits per heavy atom. The van der Waals surface area contributed by atoms with Crippen molar-refractivity contribution in [2.24, 2.45) is 0 Å². The maximum absolute atomic E-state index is 12.6. The van der Waals surface area contributed by atoms with Gasteiger partial charge in [0, 0.05) is 5.92 Å². The molecule has 0 fully saturated rings. The van der Waals surface area contributed by atoms with Gasteiger partial charge in [-0.15, -0.1) is 0 Å². The third-order valence-electron chi connectivity index (χ3n) is 3.92. The van der Waals surface area contributed by atoms with Crippen LogP contribution < -0.4 is 0 Å². The molecule has 21 heavy (non-hydrogen) atoms. The lowest BCUT2D eigenvalue weighted by molar-refractivity contribution is -0.162. The molecule has 0 aliphatic carbocycles. The van der Waals surface area contributed by atoms with E-state index in [9.17, 15) is 4.79 Å². The van der Waals surface area contributed by atoms with Gasteiger partial charge in [0.15, 0.2) is 5.60 Å². The molecular weight excluding hydrogens is 280 g/mol. The van der Waals surface area contributed by atoms with Crippen molar-refractivity contribution in [3.63, 3.8) is 0 Å². The summed E-state index contributed by atoms with van der Waals surface area (Å²) in [5.41, 5.74) is 0.773. The molecule has 0 amide bonds. The molecule has 3 nitrogen and oxygen atoms in total. The van der Waals surface area contributed by atoms with Crippen LogP contribution in [-0.2, 0) is 19.6 Å². The van der Waals surface area contributed by atoms with Gasteiger partial charge in [-0.2, -0.15) is 0 Å². The van der Waals surface area contributed by atoms with Gasteiger partial charge in [0.2, 0.25) is 0 Å². The van der Waals surface area contributed by atoms with E-state index in [1.807, 2.05) is 67.6 Å². The molecule has 2 unspecified atom stereocenters. The van der Waals surface area contributed by atoms with Gasteiger partial charge in [-0.3, -0.25) is 0 Å². The van der Waals surface area contributed by atoms with Crippen LogP contribution in [-0.4, -0.2) is 23.6 Å². The maximum atomic E-state index is 12.6. The quantitative estimate of drug-likeness (QED) is 0.627. The Labute approximate surface area is 128 Å². The van der Waals surface area contributed by atoms with Gasteiger partial charge in [0.25, 0.3) is 0 Å². The fraction of sp³-hybridized carbons (Fsp3) is 0.235. The van der Waals surface area contributed by atoms with Crippen LogP contribution in [0.25, 0.3) is 0 Å². The lowest BCUT2D eigenvalue weighted by Crippen LogP contribution is -2.44. The van der Waals surface area contributed by atoms with E-state index in [0.717, 1.165) is 11.1 Å². The number of rotatable bonds is 5. The maximum Gasteiger partial charge on any atom is 0.342 e. The van der Waals surface area contributed by atoms with Crippen LogP contribution in [0.1, 0.15) is 24.0 Å². The first-order chi connectivity index (χ1) is 10.2. The summed E-state index contributed by atoms with van der Waals surface area (Å²) >= 11 is 0. The van der Waals surface area contributed by atoms with E-state index in [1.54, 1.807) is 0 Å². The number of ether oxygens (including phenoxy) is 1. The summed E-state index contributed by atoms with van der Waals surface area (Å²) in [5.74, 6) is -0.508. The lowest BCUT2D eigenvalue weighted by atomic mass is 9.78. The molecule has 0 bridgehead atoms. The van der Waals surface area contributed by atoms with E-state index in [-0.39, 0.29) is 11.9 Å². The first-order valence-electron chi connectivity index (χ1n) is 6.90. The van der Waals surface area contributed by atoms with Crippen molar-refractivity contribution in [1.29, 1.82) is 0 Å². The van der Waals surface area contributed by atoms with Crippen molar-refractivity contribution < 1.29 is 14.0 Å². The molecule has 2 atom stereocenters. The Hall–Kier alpha value is -1.91. The van der Waals surface area contributed by atoms with Crippen LogP contribution in [0.3, 0.4) is 0 Å². The van der Waals surface area contributed by atoms with Crippen molar-refractivity contribution in [3.05, 3.63) is 71.8 Å². The largest absolute Gasteiger partial charge is 0.467 e. The summed E-state index contributed by atoms with van der Waals surface area (Å²) < 4.78 is 10.9. The highest BCUT2D eigenvalue weighted by molar-refractivity contribution is 6.01. The van der Waals surface area contributed by atoms with Gasteiger partial charge in [-0.1, -0.05) is 67.6 Å². The summed E-state index contributed by atoms with van der Waals surface area (Å²) in [6, 6.07) is 19.5. The molecule has 0 aliphatic heterocycles. The van der Waals surface area contributed by atoms with Crippen molar-refractivity contribution >= 4 is 16.5 Å². The van der Waals surface area contributed by atoms with Gasteiger partial charge in [-0.05, 0) is 11.1 Å². The summed E-state index contributed by atoms with van der Waals surface area (Å²) in [6.45, 7) is 2.00. The summed E-state index contributed by atoms with van der Waals surface area (Å²) in [6.07, 6.45) is 0. The molecule has 0 radical (unpaired) electrons. The molecule has 0 aliphatic rings. The summed E-state index contributed by atoms with van der Waals surface area (Å²) in [4.78, 5) is 12.6. The van der Waals surface area contributed by atoms with Crippen LogP contribution in [0.5, 0.6) is 0 Å². The monoisotopic (exact) mass is 300 g/mol. The number of benzene rings is 2. The minimum Gasteiger partial charge on any atom is -0.467 e. The average molecular weight is 300 g/mol. The Kier molecular flexibility index (Phi) is 4.93. The number of carbonyl (C=O) groups excluding carboxylic acids is 1. The molecule has 2 rings (SSSR count). The molecule has 0 saturated heterocycles. The average Bonchev–Trinajstić information content (AvgIpc) is 2.57. The molecule has 0 N–H and O–H groups in total. The van der Waals surface area contributed by atoms with Gasteiger partial charge in [0.1, 0.15) is 10.5 Å². The Bertz CT molecular complexity index is 585. The first kappa shape index (κ1) is 15.5. The van der Waals surface area contributed by atoms with Crippen molar-refractivity contribution in [2.45, 2.75) is 18.4 Å². The standard InChI is InChI=1S/C17H20O3Si/c1-13(14-9-5-3-6-10-14)17(20-21,16(18)19-2)15-11-7-4-8-12-15/h3-13H,1-2,21H3. The van der Waals surface area contributed by atoms with E-state index in [1.165, 1.54) is 7.11 Å². The second-order valence-corrected chi connectivity index (χ2v) is 5.34. The third-order valence-corrected chi connectivity index (χ3v) is 4.57. The van der Waals surface area contributed by atoms with E-state index in [2.05, 4.69) is 0 Å². The normalized spacial score (nSPS) is 15.1. The molecule has 2 aromatic rings. The van der Waals surface area contributed by atoms with Crippen LogP contribution in [0, 0.1) is 0 Å². The molecule has 0 heterocycles. The fourth-order valence-electron chi connectivity index (χ4n) is 2.74. The Morgan fingerprint density at radius 2 is 1.57 bits per heavy atom. The molecule has 0 saturated carbocycles. The van der Waals surface area contributed by atoms with Crippen LogP contribution >= 0.6 is 0 Å². The lowest BCUT2D eigenvalue weighted by Gasteiger charge is -2.36. The number of esters is 1. The molecule has 0 spiro atoms. The third kappa shape index (κ3) is 2.77. The van der Waals surface area contributed by atoms with E-state index in [4.69, 9.17) is 9.16 Å². The van der Waals surface area contributed by atoms with Crippen molar-refractivity contribution in [2.75, 3.05) is 7.11 Å². The topological polar surface area (TPSA) is 35.5 Å². The smallest absolute Gasteiger partial charge is 0.342 e. The van der Waals surface area contributed by atoms with E-state index < -0.39 is 5.60 Å². The molecule has 4 heteroatoms. The molecule has 110 valence electrons. The summed E-state index contributed by atoms with van der Waals surface area (Å²) in [5, 5.41) is 0. The molecule has 0 aromatic heterocycles. The van der Waals surface area contributed by atoms with Gasteiger partial charge < -0.3 is 9.16 Å². The van der Waals surface area contributed by atoms with Crippen molar-refractivity contribution in [3.8, 4) is 0 Å². The zero-order valence-electron chi connectivity index (χ0n) is 12.6. The predicted octanol–water partition coefficient (Wildman–Crippen LogP) is 2.16. The SMILES string of the molecule is COC(=O)C(O[SiH3])(c1ccccc1)C(C)c1ccccc1. The zero-order valence-corrected chi connectivity index (χ0v) is 14.6. The fourth-order valence-corrected chi connectivity index (χ4v) is 3.49. The minimum absolute atomic E-state index is 0.147. The zero-order chi connectivity index (χ0) is 15.3. The second kappa shape index (κ2) is 6.69. The number of hydrogen-bond donors (Lipinski definition) is 0. The highest BCUT2D eigenvalue weighted by Gasteiger charge is 2.46. The minimum atomic E-state index is -1.09. The first-order valence-corrected chi connectivity index (χ1v) is 7.72. The number of methoxy groups -OCH3 is 1. The number of hydrogen-bond acceptors (Lipinski definition) is 3. The highest BCUT2D eigenvalue weighted by Crippen LogP contribution is 2.40. The van der Waals surface area contributed by atoms with Gasteiger partial charge in [0.05, 0.1) is 7.11 Å². The van der Waals surface area contributed by atoms with E-state index >= 15 is 0 Å². The Morgan fingerprint density at radius 3 is 2.05 bits per heavy atom.